The number of allylic oxidation sites excluding steroid dienone is 4. The van der Waals surface area contributed by atoms with E-state index in [0.717, 1.165) is 0 Å². The summed E-state index contributed by atoms with van der Waals surface area (Å²) in [6.45, 7) is 3.60. The van der Waals surface area contributed by atoms with E-state index >= 15 is 0 Å². The number of hydrogen-bond acceptors (Lipinski definition) is 4. The Morgan fingerprint density at radius 3 is 1.56 bits per heavy atom. The molecule has 0 aromatic rings. The highest BCUT2D eigenvalue weighted by Gasteiger charge is 2.10. The molecule has 0 aromatic carbocycles. The van der Waals surface area contributed by atoms with Crippen molar-refractivity contribution in [3.8, 4) is 0 Å². The summed E-state index contributed by atoms with van der Waals surface area (Å²) in [6, 6.07) is 0. The molecule has 0 aliphatic rings. The monoisotopic (exact) mass is 222 g/mol. The summed E-state index contributed by atoms with van der Waals surface area (Å²) < 4.78 is 0. The Kier molecular flexibility index (Phi) is 8.02. The second kappa shape index (κ2) is 9.32. The Morgan fingerprint density at radius 2 is 1.25 bits per heavy atom. The van der Waals surface area contributed by atoms with Gasteiger partial charge in [-0.15, -0.1) is 0 Å². The summed E-state index contributed by atoms with van der Waals surface area (Å²) in [5.41, 5.74) is 4.07. The summed E-state index contributed by atoms with van der Waals surface area (Å²) in [7, 11) is 0. The van der Waals surface area contributed by atoms with Gasteiger partial charge in [0.2, 0.25) is 0 Å². The average molecular weight is 222 g/mol. The molecule has 0 spiro atoms. The van der Waals surface area contributed by atoms with Crippen molar-refractivity contribution in [1.82, 2.24) is 10.9 Å². The lowest BCUT2D eigenvalue weighted by Crippen LogP contribution is -2.35. The van der Waals surface area contributed by atoms with Crippen molar-refractivity contribution >= 4 is 24.2 Å². The molecule has 0 aliphatic carbocycles. The number of carbonyl (C=O) groups excluding carboxylic acids is 2. The molecule has 86 valence electrons. The lowest BCUT2D eigenvalue weighted by atomic mass is 10.6. The van der Waals surface area contributed by atoms with Gasteiger partial charge in [-0.3, -0.25) is 9.59 Å². The predicted octanol–water partition coefficient (Wildman–Crippen LogP) is 0.343. The van der Waals surface area contributed by atoms with E-state index in [-0.39, 0.29) is 0 Å². The summed E-state index contributed by atoms with van der Waals surface area (Å²) in [4.78, 5) is 22.0. The molecule has 0 aliphatic heterocycles. The molecule has 6 nitrogen and oxygen atoms in total. The van der Waals surface area contributed by atoms with Gasteiger partial charge in [-0.1, -0.05) is 12.2 Å². The van der Waals surface area contributed by atoms with Crippen LogP contribution in [0.3, 0.4) is 0 Å². The minimum absolute atomic E-state index is 0.876. The lowest BCUT2D eigenvalue weighted by molar-refractivity contribution is -0.139. The number of nitrogens with zero attached hydrogens (tertiary/aromatic N) is 2. The topological polar surface area (TPSA) is 82.9 Å². The van der Waals surface area contributed by atoms with Gasteiger partial charge in [-0.25, -0.2) is 10.9 Å². The number of nitrogens with one attached hydrogen (secondary N) is 2. The highest BCUT2D eigenvalue weighted by molar-refractivity contribution is 6.35. The molecule has 0 radical (unpaired) electrons. The normalized spacial score (nSPS) is 11.9. The maximum atomic E-state index is 11.0. The molecule has 0 fully saturated rings. The van der Waals surface area contributed by atoms with Crippen molar-refractivity contribution in [2.45, 2.75) is 13.8 Å². The quantitative estimate of drug-likeness (QED) is 0.408. The third kappa shape index (κ3) is 7.19. The van der Waals surface area contributed by atoms with E-state index in [1.54, 1.807) is 38.2 Å². The molecule has 0 unspecified atom stereocenters. The smallest absolute Gasteiger partial charge is 0.262 e. The van der Waals surface area contributed by atoms with E-state index in [2.05, 4.69) is 10.2 Å². The molecule has 6 heteroatoms. The van der Waals surface area contributed by atoms with Crippen molar-refractivity contribution in [3.05, 3.63) is 24.3 Å². The van der Waals surface area contributed by atoms with Crippen LogP contribution in [0.2, 0.25) is 0 Å². The third-order valence-corrected chi connectivity index (χ3v) is 1.24. The Morgan fingerprint density at radius 1 is 0.875 bits per heavy atom. The van der Waals surface area contributed by atoms with Crippen molar-refractivity contribution in [2.75, 3.05) is 0 Å². The molecule has 2 amide bonds. The van der Waals surface area contributed by atoms with E-state index in [1.165, 1.54) is 12.4 Å². The summed E-state index contributed by atoms with van der Waals surface area (Å²) >= 11 is 0. The molecule has 0 heterocycles. The minimum Gasteiger partial charge on any atom is -0.262 e. The third-order valence-electron chi connectivity index (χ3n) is 1.24. The first kappa shape index (κ1) is 13.8. The Balaban J connectivity index is 3.95. The fourth-order valence-electron chi connectivity index (χ4n) is 0.552. The molecule has 0 aromatic heterocycles. The molecule has 16 heavy (non-hydrogen) atoms. The van der Waals surface area contributed by atoms with Crippen molar-refractivity contribution < 1.29 is 9.59 Å². The average Bonchev–Trinajstić information content (AvgIpc) is 2.29. The van der Waals surface area contributed by atoms with E-state index in [4.69, 9.17) is 0 Å². The second-order valence-electron chi connectivity index (χ2n) is 2.49. The zero-order valence-corrected chi connectivity index (χ0v) is 9.18. The maximum absolute atomic E-state index is 11.0. The first-order valence-electron chi connectivity index (χ1n) is 4.61. The zero-order chi connectivity index (χ0) is 12.2. The summed E-state index contributed by atoms with van der Waals surface area (Å²) in [5.74, 6) is -1.75. The largest absolute Gasteiger partial charge is 0.331 e. The van der Waals surface area contributed by atoms with Gasteiger partial charge < -0.3 is 0 Å². The number of carbonyl (C=O) groups is 2. The standard InChI is InChI=1S/C10H14N4O2/c1-3-5-7-11-13-9(15)10(16)14-12-8-6-4-2/h3-8H,1-2H3,(H,13,15)(H,14,16)/b5-3-,6-4-,11-7-,12-8+. The number of hydrogen-bond donors (Lipinski definition) is 2. The number of amides is 2. The van der Waals surface area contributed by atoms with E-state index in [1.807, 2.05) is 10.9 Å². The summed E-state index contributed by atoms with van der Waals surface area (Å²) in [6.07, 6.45) is 9.40. The first-order chi connectivity index (χ1) is 7.72. The molecular formula is C10H14N4O2. The van der Waals surface area contributed by atoms with Crippen LogP contribution in [0, 0.1) is 0 Å². The molecule has 2 N–H and O–H groups in total. The van der Waals surface area contributed by atoms with Crippen molar-refractivity contribution in [3.63, 3.8) is 0 Å². The Bertz CT molecular complexity index is 309. The Hall–Kier alpha value is -2.24. The van der Waals surface area contributed by atoms with Crippen LogP contribution < -0.4 is 10.9 Å². The van der Waals surface area contributed by atoms with Gasteiger partial charge in [-0.05, 0) is 26.0 Å². The lowest BCUT2D eigenvalue weighted by Gasteiger charge is -1.96. The Labute approximate surface area is 93.8 Å². The molecule has 0 atom stereocenters. The molecule has 0 bridgehead atoms. The zero-order valence-electron chi connectivity index (χ0n) is 9.18. The van der Waals surface area contributed by atoms with Gasteiger partial charge >= 0.3 is 11.8 Å². The fraction of sp³-hybridized carbons (Fsp3) is 0.200. The van der Waals surface area contributed by atoms with Crippen LogP contribution >= 0.6 is 0 Å². The molecule has 0 saturated carbocycles. The van der Waals surface area contributed by atoms with Gasteiger partial charge in [-0.2, -0.15) is 10.2 Å². The van der Waals surface area contributed by atoms with Crippen LogP contribution in [0.15, 0.2) is 34.5 Å². The SMILES string of the molecule is C/C=C\C=N/NC(=O)C(=O)N/N=C/C=C\C. The highest BCUT2D eigenvalue weighted by Crippen LogP contribution is 1.71. The van der Waals surface area contributed by atoms with E-state index in [0.29, 0.717) is 0 Å². The second-order valence-corrected chi connectivity index (χ2v) is 2.49. The van der Waals surface area contributed by atoms with Crippen molar-refractivity contribution in [1.29, 1.82) is 0 Å². The molecular weight excluding hydrogens is 208 g/mol. The highest BCUT2D eigenvalue weighted by atomic mass is 16.2. The first-order valence-corrected chi connectivity index (χ1v) is 4.61. The number of hydrazone groups is 2. The fourth-order valence-corrected chi connectivity index (χ4v) is 0.552. The van der Waals surface area contributed by atoms with E-state index < -0.39 is 11.8 Å². The van der Waals surface area contributed by atoms with Crippen LogP contribution in [0.1, 0.15) is 13.8 Å². The van der Waals surface area contributed by atoms with Crippen LogP contribution in [-0.2, 0) is 9.59 Å². The van der Waals surface area contributed by atoms with Crippen molar-refractivity contribution in [2.24, 2.45) is 10.2 Å². The van der Waals surface area contributed by atoms with Crippen LogP contribution in [0.4, 0.5) is 0 Å². The van der Waals surface area contributed by atoms with Gasteiger partial charge in [0.1, 0.15) is 0 Å². The molecule has 0 rings (SSSR count). The van der Waals surface area contributed by atoms with Gasteiger partial charge in [0, 0.05) is 12.4 Å². The molecule has 0 saturated heterocycles. The van der Waals surface area contributed by atoms with Gasteiger partial charge in [0.05, 0.1) is 0 Å². The van der Waals surface area contributed by atoms with Crippen LogP contribution in [0.5, 0.6) is 0 Å². The van der Waals surface area contributed by atoms with Crippen LogP contribution in [-0.4, -0.2) is 24.2 Å². The van der Waals surface area contributed by atoms with E-state index in [9.17, 15) is 9.59 Å². The number of rotatable bonds is 4. The summed E-state index contributed by atoms with van der Waals surface area (Å²) in [5, 5.41) is 6.98. The maximum Gasteiger partial charge on any atom is 0.331 e. The predicted molar refractivity (Wildman–Crippen MR) is 62.9 cm³/mol. The minimum atomic E-state index is -0.876. The van der Waals surface area contributed by atoms with Gasteiger partial charge in [0.25, 0.3) is 0 Å². The van der Waals surface area contributed by atoms with Crippen LogP contribution in [0.25, 0.3) is 0 Å². The van der Waals surface area contributed by atoms with Gasteiger partial charge in [0.15, 0.2) is 0 Å².